The number of hydrogen-bond acceptors (Lipinski definition) is 3. The van der Waals surface area contributed by atoms with Crippen molar-refractivity contribution in [2.75, 3.05) is 0 Å². The molecular weight excluding hydrogens is 335 g/mol. The Hall–Kier alpha value is -1.59. The monoisotopic (exact) mass is 350 g/mol. The Morgan fingerprint density at radius 2 is 1.78 bits per heavy atom. The minimum atomic E-state index is -0.926. The summed E-state index contributed by atoms with van der Waals surface area (Å²) in [5.74, 6) is 0. The zero-order chi connectivity index (χ0) is 16.8. The van der Waals surface area contributed by atoms with Crippen LogP contribution < -0.4 is 0 Å². The molecule has 1 heterocycles. The van der Waals surface area contributed by atoms with Crippen molar-refractivity contribution in [3.8, 4) is 0 Å². The van der Waals surface area contributed by atoms with Crippen LogP contribution in [0.3, 0.4) is 0 Å². The van der Waals surface area contributed by atoms with Crippen molar-refractivity contribution in [1.82, 2.24) is 5.06 Å². The van der Waals surface area contributed by atoms with Crippen LogP contribution in [-0.2, 0) is 0 Å². The second-order valence-corrected chi connectivity index (χ2v) is 6.83. The van der Waals surface area contributed by atoms with Crippen molar-refractivity contribution in [2.24, 2.45) is 0 Å². The molecule has 23 heavy (non-hydrogen) atoms. The molecule has 0 fully saturated rings. The summed E-state index contributed by atoms with van der Waals surface area (Å²) in [4.78, 5) is 0. The van der Waals surface area contributed by atoms with Gasteiger partial charge in [0.1, 0.15) is 5.54 Å². The fourth-order valence-electron chi connectivity index (χ4n) is 2.95. The molecule has 0 radical (unpaired) electrons. The lowest BCUT2D eigenvalue weighted by atomic mass is 9.93. The number of hydrogen-bond donors (Lipinski definition) is 1. The number of rotatable bonds is 2. The van der Waals surface area contributed by atoms with Gasteiger partial charge in [0.15, 0.2) is 0 Å². The number of benzene rings is 2. The van der Waals surface area contributed by atoms with Crippen LogP contribution in [0.5, 0.6) is 0 Å². The number of halogens is 2. The third-order valence-electron chi connectivity index (χ3n) is 4.11. The van der Waals surface area contributed by atoms with Crippen LogP contribution in [0.2, 0.25) is 10.0 Å². The Labute approximate surface area is 144 Å². The molecule has 0 spiro atoms. The highest BCUT2D eigenvalue weighted by Crippen LogP contribution is 2.39. The Morgan fingerprint density at radius 3 is 2.39 bits per heavy atom. The molecule has 3 rings (SSSR count). The van der Waals surface area contributed by atoms with E-state index < -0.39 is 11.7 Å². The quantitative estimate of drug-likeness (QED) is 0.641. The van der Waals surface area contributed by atoms with Gasteiger partial charge in [0.2, 0.25) is 5.71 Å². The van der Waals surface area contributed by atoms with Crippen LogP contribution in [0.4, 0.5) is 0 Å². The van der Waals surface area contributed by atoms with Crippen molar-refractivity contribution in [3.05, 3.63) is 74.9 Å². The van der Waals surface area contributed by atoms with Crippen molar-refractivity contribution >= 4 is 28.9 Å². The standard InChI is InChI=1S/C17H16Cl2N2O2/c1-17(2)15(11-6-4-3-5-7-11)20(22)16(21(17)23)13-9-8-12(18)10-14(13)19/h3-10,16,23H,1-2H3/t16-/m1/s1. The Balaban J connectivity index is 2.17. The molecule has 0 aromatic heterocycles. The van der Waals surface area contributed by atoms with Gasteiger partial charge in [0.05, 0.1) is 10.6 Å². The van der Waals surface area contributed by atoms with Gasteiger partial charge >= 0.3 is 0 Å². The van der Waals surface area contributed by atoms with Gasteiger partial charge in [0.25, 0.3) is 6.17 Å². The largest absolute Gasteiger partial charge is 0.622 e. The van der Waals surface area contributed by atoms with Crippen LogP contribution >= 0.6 is 23.2 Å². The van der Waals surface area contributed by atoms with Crippen molar-refractivity contribution in [3.63, 3.8) is 0 Å². The van der Waals surface area contributed by atoms with Crippen LogP contribution in [0.25, 0.3) is 0 Å². The first-order chi connectivity index (χ1) is 10.8. The molecule has 4 nitrogen and oxygen atoms in total. The zero-order valence-electron chi connectivity index (χ0n) is 12.7. The Morgan fingerprint density at radius 1 is 1.13 bits per heavy atom. The Bertz CT molecular complexity index is 775. The van der Waals surface area contributed by atoms with Crippen molar-refractivity contribution in [2.45, 2.75) is 25.6 Å². The van der Waals surface area contributed by atoms with E-state index in [4.69, 9.17) is 23.2 Å². The molecule has 0 amide bonds. The fourth-order valence-corrected chi connectivity index (χ4v) is 3.46. The normalized spacial score (nSPS) is 21.0. The summed E-state index contributed by atoms with van der Waals surface area (Å²) in [5, 5.41) is 25.5. The third kappa shape index (κ3) is 2.62. The lowest BCUT2D eigenvalue weighted by Gasteiger charge is -2.26. The maximum absolute atomic E-state index is 13.0. The van der Waals surface area contributed by atoms with Gasteiger partial charge in [-0.05, 0) is 44.2 Å². The van der Waals surface area contributed by atoms with Crippen LogP contribution in [-0.4, -0.2) is 26.3 Å². The minimum Gasteiger partial charge on any atom is -0.622 e. The smallest absolute Gasteiger partial charge is 0.269 e. The lowest BCUT2D eigenvalue weighted by molar-refractivity contribution is -0.544. The summed E-state index contributed by atoms with van der Waals surface area (Å²) < 4.78 is 0.810. The topological polar surface area (TPSA) is 49.5 Å². The average Bonchev–Trinajstić information content (AvgIpc) is 2.67. The van der Waals surface area contributed by atoms with Gasteiger partial charge in [-0.25, -0.2) is 0 Å². The first kappa shape index (κ1) is 16.3. The van der Waals surface area contributed by atoms with E-state index in [0.29, 0.717) is 21.3 Å². The first-order valence-electron chi connectivity index (χ1n) is 7.16. The summed E-state index contributed by atoms with van der Waals surface area (Å²) >= 11 is 12.1. The number of nitrogens with zero attached hydrogens (tertiary/aromatic N) is 2. The second-order valence-electron chi connectivity index (χ2n) is 5.98. The molecule has 0 saturated carbocycles. The average molecular weight is 351 g/mol. The molecule has 1 aliphatic rings. The predicted octanol–water partition coefficient (Wildman–Crippen LogP) is 4.48. The van der Waals surface area contributed by atoms with E-state index in [-0.39, 0.29) is 0 Å². The van der Waals surface area contributed by atoms with E-state index in [1.807, 2.05) is 30.3 Å². The van der Waals surface area contributed by atoms with E-state index >= 15 is 0 Å². The summed E-state index contributed by atoms with van der Waals surface area (Å²) in [6.45, 7) is 3.59. The molecule has 120 valence electrons. The summed E-state index contributed by atoms with van der Waals surface area (Å²) in [5.41, 5.74) is 0.889. The third-order valence-corrected chi connectivity index (χ3v) is 4.68. The van der Waals surface area contributed by atoms with Crippen LogP contribution in [0, 0.1) is 5.21 Å². The van der Waals surface area contributed by atoms with Crippen molar-refractivity contribution in [1.29, 1.82) is 0 Å². The summed E-state index contributed by atoms with van der Waals surface area (Å²) in [6.07, 6.45) is -0.926. The van der Waals surface area contributed by atoms with E-state index in [1.165, 1.54) is 0 Å². The molecule has 0 aliphatic carbocycles. The molecule has 1 atom stereocenters. The van der Waals surface area contributed by atoms with E-state index in [2.05, 4.69) is 0 Å². The molecule has 0 bridgehead atoms. The van der Waals surface area contributed by atoms with Crippen molar-refractivity contribution < 1.29 is 9.95 Å². The molecule has 6 heteroatoms. The fraction of sp³-hybridized carbons (Fsp3) is 0.235. The van der Waals surface area contributed by atoms with Gasteiger partial charge in [-0.1, -0.05) is 41.4 Å². The molecule has 2 aromatic rings. The predicted molar refractivity (Wildman–Crippen MR) is 91.1 cm³/mol. The molecule has 1 N–H and O–H groups in total. The van der Waals surface area contributed by atoms with Crippen LogP contribution in [0.1, 0.15) is 31.1 Å². The van der Waals surface area contributed by atoms with Gasteiger partial charge in [-0.3, -0.25) is 0 Å². The van der Waals surface area contributed by atoms with Gasteiger partial charge in [-0.2, -0.15) is 4.74 Å². The molecule has 0 saturated heterocycles. The first-order valence-corrected chi connectivity index (χ1v) is 7.92. The highest BCUT2D eigenvalue weighted by atomic mass is 35.5. The van der Waals surface area contributed by atoms with E-state index in [0.717, 1.165) is 15.4 Å². The molecular formula is C17H16Cl2N2O2. The number of hydroxylamine groups is 3. The maximum Gasteiger partial charge on any atom is 0.269 e. The Kier molecular flexibility index (Phi) is 4.10. The van der Waals surface area contributed by atoms with Gasteiger partial charge in [0, 0.05) is 10.6 Å². The SMILES string of the molecule is CC1(C)C(c2ccccc2)=[N+]([O-])[C@@H](c2ccc(Cl)cc2Cl)N1O. The summed E-state index contributed by atoms with van der Waals surface area (Å²) in [6, 6.07) is 14.2. The molecule has 2 aromatic carbocycles. The lowest BCUT2D eigenvalue weighted by Crippen LogP contribution is -2.44. The zero-order valence-corrected chi connectivity index (χ0v) is 14.2. The molecule has 0 unspecified atom stereocenters. The minimum absolute atomic E-state index is 0.340. The van der Waals surface area contributed by atoms with Crippen LogP contribution in [0.15, 0.2) is 48.5 Å². The highest BCUT2D eigenvalue weighted by molar-refractivity contribution is 6.35. The van der Waals surface area contributed by atoms with E-state index in [9.17, 15) is 10.4 Å². The molecule has 1 aliphatic heterocycles. The summed E-state index contributed by atoms with van der Waals surface area (Å²) in [7, 11) is 0. The van der Waals surface area contributed by atoms with Gasteiger partial charge < -0.3 is 10.4 Å². The highest BCUT2D eigenvalue weighted by Gasteiger charge is 2.53. The second kappa shape index (κ2) is 5.80. The van der Waals surface area contributed by atoms with Gasteiger partial charge in [-0.15, -0.1) is 5.06 Å². The van der Waals surface area contributed by atoms with E-state index in [1.54, 1.807) is 32.0 Å². The maximum atomic E-state index is 13.0.